The quantitative estimate of drug-likeness (QED) is 0.924. The maximum Gasteiger partial charge on any atom is 0.252 e. The first-order valence-corrected chi connectivity index (χ1v) is 6.74. The molecule has 0 aliphatic carbocycles. The predicted octanol–water partition coefficient (Wildman–Crippen LogP) is 3.27. The van der Waals surface area contributed by atoms with Gasteiger partial charge in [-0.25, -0.2) is 0 Å². The summed E-state index contributed by atoms with van der Waals surface area (Å²) in [4.78, 5) is 12.1. The highest BCUT2D eigenvalue weighted by Gasteiger charge is 2.20. The Bertz CT molecular complexity index is 519. The zero-order chi connectivity index (χ0) is 14.6. The van der Waals surface area contributed by atoms with Gasteiger partial charge in [0.25, 0.3) is 5.91 Å². The van der Waals surface area contributed by atoms with E-state index >= 15 is 0 Å². The number of hydrogen-bond donors (Lipinski definition) is 1. The van der Waals surface area contributed by atoms with Crippen LogP contribution in [0.4, 0.5) is 0 Å². The standard InChI is InChI=1S/C14H17BrN2O2/c1-9(2)19-12-6-10(5-11(15)7-12)13(18)17-14(3,4)8-16/h5-7,9H,1-4H3,(H,17,18). The smallest absolute Gasteiger partial charge is 0.252 e. The summed E-state index contributed by atoms with van der Waals surface area (Å²) in [6.45, 7) is 7.13. The van der Waals surface area contributed by atoms with Crippen molar-refractivity contribution in [3.05, 3.63) is 28.2 Å². The molecule has 0 heterocycles. The minimum absolute atomic E-state index is 0.0285. The highest BCUT2D eigenvalue weighted by Crippen LogP contribution is 2.23. The summed E-state index contributed by atoms with van der Waals surface area (Å²) >= 11 is 3.34. The van der Waals surface area contributed by atoms with Gasteiger partial charge in [0.15, 0.2) is 0 Å². The van der Waals surface area contributed by atoms with Gasteiger partial charge in [-0.1, -0.05) is 15.9 Å². The van der Waals surface area contributed by atoms with Crippen LogP contribution in [-0.2, 0) is 0 Å². The molecule has 1 aromatic rings. The second-order valence-corrected chi connectivity index (χ2v) is 5.95. The number of halogens is 1. The van der Waals surface area contributed by atoms with Crippen molar-refractivity contribution in [3.8, 4) is 11.8 Å². The van der Waals surface area contributed by atoms with E-state index in [0.717, 1.165) is 4.47 Å². The maximum absolute atomic E-state index is 12.1. The third-order valence-corrected chi connectivity index (χ3v) is 2.67. The fourth-order valence-corrected chi connectivity index (χ4v) is 1.89. The molecule has 0 radical (unpaired) electrons. The summed E-state index contributed by atoms with van der Waals surface area (Å²) in [6, 6.07) is 7.18. The normalized spacial score (nSPS) is 11.0. The molecule has 0 atom stereocenters. The van der Waals surface area contributed by atoms with Gasteiger partial charge in [0, 0.05) is 10.0 Å². The molecule has 0 saturated heterocycles. The van der Waals surface area contributed by atoms with Crippen molar-refractivity contribution in [1.29, 1.82) is 5.26 Å². The average Bonchev–Trinajstić information content (AvgIpc) is 2.26. The largest absolute Gasteiger partial charge is 0.491 e. The molecule has 0 bridgehead atoms. The van der Waals surface area contributed by atoms with Gasteiger partial charge in [0.2, 0.25) is 0 Å². The second kappa shape index (κ2) is 6.07. The van der Waals surface area contributed by atoms with E-state index in [1.807, 2.05) is 19.9 Å². The first kappa shape index (κ1) is 15.5. The summed E-state index contributed by atoms with van der Waals surface area (Å²) in [7, 11) is 0. The van der Waals surface area contributed by atoms with Crippen LogP contribution in [0.15, 0.2) is 22.7 Å². The number of carbonyl (C=O) groups is 1. The molecule has 5 heteroatoms. The predicted molar refractivity (Wildman–Crippen MR) is 77.1 cm³/mol. The lowest BCUT2D eigenvalue weighted by atomic mass is 10.1. The van der Waals surface area contributed by atoms with Crippen LogP contribution < -0.4 is 10.1 Å². The number of amides is 1. The fourth-order valence-electron chi connectivity index (χ4n) is 1.42. The molecular formula is C14H17BrN2O2. The lowest BCUT2D eigenvalue weighted by Crippen LogP contribution is -2.42. The van der Waals surface area contributed by atoms with Gasteiger partial charge in [-0.2, -0.15) is 5.26 Å². The Labute approximate surface area is 121 Å². The monoisotopic (exact) mass is 324 g/mol. The lowest BCUT2D eigenvalue weighted by Gasteiger charge is -2.18. The number of hydrogen-bond acceptors (Lipinski definition) is 3. The van der Waals surface area contributed by atoms with Gasteiger partial charge in [-0.15, -0.1) is 0 Å². The maximum atomic E-state index is 12.1. The van der Waals surface area contributed by atoms with Crippen molar-refractivity contribution in [1.82, 2.24) is 5.32 Å². The van der Waals surface area contributed by atoms with Crippen molar-refractivity contribution in [3.63, 3.8) is 0 Å². The average molecular weight is 325 g/mol. The van der Waals surface area contributed by atoms with Gasteiger partial charge in [0.05, 0.1) is 12.2 Å². The van der Waals surface area contributed by atoms with E-state index in [9.17, 15) is 4.79 Å². The number of rotatable bonds is 4. The van der Waals surface area contributed by atoms with E-state index in [1.165, 1.54) is 0 Å². The highest BCUT2D eigenvalue weighted by molar-refractivity contribution is 9.10. The molecule has 0 aromatic heterocycles. The number of nitrogens with zero attached hydrogens (tertiary/aromatic N) is 1. The molecule has 0 saturated carbocycles. The molecule has 102 valence electrons. The van der Waals surface area contributed by atoms with Gasteiger partial charge in [0.1, 0.15) is 11.3 Å². The number of ether oxygens (including phenoxy) is 1. The molecule has 0 aliphatic heterocycles. The minimum Gasteiger partial charge on any atom is -0.491 e. The van der Waals surface area contributed by atoms with Crippen molar-refractivity contribution in [2.75, 3.05) is 0 Å². The number of nitriles is 1. The van der Waals surface area contributed by atoms with Crippen LogP contribution in [0.5, 0.6) is 5.75 Å². The molecule has 1 rings (SSSR count). The van der Waals surface area contributed by atoms with Gasteiger partial charge in [-0.3, -0.25) is 4.79 Å². The zero-order valence-corrected chi connectivity index (χ0v) is 13.0. The van der Waals surface area contributed by atoms with Crippen LogP contribution in [0.1, 0.15) is 38.1 Å². The molecule has 0 unspecified atom stereocenters. The molecule has 0 spiro atoms. The van der Waals surface area contributed by atoms with Crippen LogP contribution in [0, 0.1) is 11.3 Å². The van der Waals surface area contributed by atoms with E-state index in [2.05, 4.69) is 21.2 Å². The zero-order valence-electron chi connectivity index (χ0n) is 11.5. The molecule has 19 heavy (non-hydrogen) atoms. The summed E-state index contributed by atoms with van der Waals surface area (Å²) < 4.78 is 6.32. The van der Waals surface area contributed by atoms with Crippen LogP contribution >= 0.6 is 15.9 Å². The van der Waals surface area contributed by atoms with E-state index < -0.39 is 5.54 Å². The summed E-state index contributed by atoms with van der Waals surface area (Å²) in [5.41, 5.74) is -0.452. The molecule has 0 aliphatic rings. The Morgan fingerprint density at radius 2 is 2.05 bits per heavy atom. The molecule has 4 nitrogen and oxygen atoms in total. The fraction of sp³-hybridized carbons (Fsp3) is 0.429. The van der Waals surface area contributed by atoms with Crippen molar-refractivity contribution >= 4 is 21.8 Å². The van der Waals surface area contributed by atoms with Gasteiger partial charge >= 0.3 is 0 Å². The van der Waals surface area contributed by atoms with E-state index in [4.69, 9.17) is 10.00 Å². The Morgan fingerprint density at radius 1 is 1.42 bits per heavy atom. The number of benzene rings is 1. The van der Waals surface area contributed by atoms with Crippen LogP contribution in [0.2, 0.25) is 0 Å². The van der Waals surface area contributed by atoms with Crippen LogP contribution in [0.3, 0.4) is 0 Å². The van der Waals surface area contributed by atoms with Gasteiger partial charge < -0.3 is 10.1 Å². The van der Waals surface area contributed by atoms with Crippen molar-refractivity contribution < 1.29 is 9.53 Å². The van der Waals surface area contributed by atoms with Crippen molar-refractivity contribution in [2.24, 2.45) is 0 Å². The number of carbonyl (C=O) groups excluding carboxylic acids is 1. The first-order valence-electron chi connectivity index (χ1n) is 5.94. The van der Waals surface area contributed by atoms with Crippen molar-refractivity contribution in [2.45, 2.75) is 39.3 Å². The Balaban J connectivity index is 2.98. The second-order valence-electron chi connectivity index (χ2n) is 5.03. The van der Waals surface area contributed by atoms with E-state index in [0.29, 0.717) is 11.3 Å². The lowest BCUT2D eigenvalue weighted by molar-refractivity contribution is 0.0928. The third-order valence-electron chi connectivity index (χ3n) is 2.21. The molecule has 1 aromatic carbocycles. The highest BCUT2D eigenvalue weighted by atomic mass is 79.9. The minimum atomic E-state index is -0.904. The van der Waals surface area contributed by atoms with E-state index in [-0.39, 0.29) is 12.0 Å². The SMILES string of the molecule is CC(C)Oc1cc(Br)cc(C(=O)NC(C)(C)C#N)c1. The van der Waals surface area contributed by atoms with Crippen LogP contribution in [0.25, 0.3) is 0 Å². The Morgan fingerprint density at radius 3 is 2.58 bits per heavy atom. The summed E-state index contributed by atoms with van der Waals surface area (Å²) in [5, 5.41) is 11.6. The topological polar surface area (TPSA) is 62.1 Å². The summed E-state index contributed by atoms with van der Waals surface area (Å²) in [6.07, 6.45) is 0.0285. The molecular weight excluding hydrogens is 308 g/mol. The third kappa shape index (κ3) is 4.92. The molecule has 0 fully saturated rings. The van der Waals surface area contributed by atoms with Crippen LogP contribution in [-0.4, -0.2) is 17.6 Å². The molecule has 1 amide bonds. The molecule has 1 N–H and O–H groups in total. The Kier molecular flexibility index (Phi) is 4.96. The summed E-state index contributed by atoms with van der Waals surface area (Å²) in [5.74, 6) is 0.311. The van der Waals surface area contributed by atoms with E-state index in [1.54, 1.807) is 32.0 Å². The van der Waals surface area contributed by atoms with Gasteiger partial charge in [-0.05, 0) is 45.9 Å². The first-order chi connectivity index (χ1) is 8.73. The number of nitrogens with one attached hydrogen (secondary N) is 1. The Hall–Kier alpha value is -1.54.